The molecule has 0 aliphatic carbocycles. The molecule has 1 aliphatic heterocycles. The van der Waals surface area contributed by atoms with E-state index in [1.54, 1.807) is 0 Å². The van der Waals surface area contributed by atoms with Crippen LogP contribution in [0.3, 0.4) is 0 Å². The molecule has 0 bridgehead atoms. The molecule has 6 nitrogen and oxygen atoms in total. The number of carbonyl (C=O) groups is 2. The number of likely N-dealkylation sites (tertiary alicyclic amines) is 1. The van der Waals surface area contributed by atoms with Crippen LogP contribution in [0.5, 0.6) is 0 Å². The van der Waals surface area contributed by atoms with E-state index in [1.165, 1.54) is 17.3 Å². The molecule has 1 aromatic heterocycles. The molecule has 1 N–H and O–H groups in total. The van der Waals surface area contributed by atoms with Crippen molar-refractivity contribution in [2.45, 2.75) is 38.4 Å². The van der Waals surface area contributed by atoms with E-state index in [4.69, 9.17) is 0 Å². The van der Waals surface area contributed by atoms with Crippen molar-refractivity contribution in [2.75, 3.05) is 24.2 Å². The van der Waals surface area contributed by atoms with Gasteiger partial charge in [-0.2, -0.15) is 0 Å². The zero-order valence-corrected chi connectivity index (χ0v) is 18.2. The van der Waals surface area contributed by atoms with E-state index in [0.717, 1.165) is 48.2 Å². The van der Waals surface area contributed by atoms with Crippen LogP contribution in [0.15, 0.2) is 47.6 Å². The maximum atomic E-state index is 12.7. The van der Waals surface area contributed by atoms with Gasteiger partial charge < -0.3 is 14.8 Å². The summed E-state index contributed by atoms with van der Waals surface area (Å²) in [6, 6.07) is 13.7. The molecule has 1 fully saturated rings. The molecule has 0 radical (unpaired) electrons. The van der Waals surface area contributed by atoms with Crippen molar-refractivity contribution in [1.29, 1.82) is 0 Å². The average molecular weight is 423 g/mol. The Morgan fingerprint density at radius 3 is 2.60 bits per heavy atom. The Morgan fingerprint density at radius 1 is 1.07 bits per heavy atom. The molecular weight excluding hydrogens is 396 g/mol. The number of nitrogens with one attached hydrogen (secondary N) is 1. The van der Waals surface area contributed by atoms with Crippen molar-refractivity contribution in [3.63, 3.8) is 0 Å². The Morgan fingerprint density at radius 2 is 1.83 bits per heavy atom. The first-order valence-corrected chi connectivity index (χ1v) is 11.2. The lowest BCUT2D eigenvalue weighted by atomic mass is 10.1. The minimum atomic E-state index is -0.0901. The topological polar surface area (TPSA) is 67.2 Å². The lowest BCUT2D eigenvalue weighted by Gasteiger charge is -2.17. The van der Waals surface area contributed by atoms with Crippen LogP contribution in [-0.2, 0) is 16.1 Å². The molecule has 2 heterocycles. The summed E-state index contributed by atoms with van der Waals surface area (Å²) in [5.41, 5.74) is 4.88. The third-order valence-corrected chi connectivity index (χ3v) is 6.47. The zero-order valence-electron chi connectivity index (χ0n) is 17.4. The van der Waals surface area contributed by atoms with Gasteiger partial charge in [0, 0.05) is 18.8 Å². The van der Waals surface area contributed by atoms with Gasteiger partial charge in [-0.1, -0.05) is 30.0 Å². The SMILES string of the molecule is Cc1ccc(NC(=O)CSc2nc3ccccc3n2CC(=O)N2CCCC2)cc1C. The number of para-hydroxylation sites is 2. The molecule has 156 valence electrons. The largest absolute Gasteiger partial charge is 0.341 e. The Bertz CT molecular complexity index is 1090. The van der Waals surface area contributed by atoms with Gasteiger partial charge in [0.15, 0.2) is 5.16 Å². The first kappa shape index (κ1) is 20.5. The standard InChI is InChI=1S/C23H26N4O2S/c1-16-9-10-18(13-17(16)2)24-21(28)15-30-23-25-19-7-3-4-8-20(19)27(23)14-22(29)26-11-5-6-12-26/h3-4,7-10,13H,5-6,11-12,14-15H2,1-2H3,(H,24,28). The molecule has 4 rings (SSSR count). The summed E-state index contributed by atoms with van der Waals surface area (Å²) in [6.45, 7) is 5.98. The minimum absolute atomic E-state index is 0.0901. The van der Waals surface area contributed by atoms with Gasteiger partial charge in [0.2, 0.25) is 11.8 Å². The fourth-order valence-electron chi connectivity index (χ4n) is 3.66. The molecule has 3 aromatic rings. The molecule has 0 spiro atoms. The van der Waals surface area contributed by atoms with Crippen LogP contribution in [-0.4, -0.2) is 45.1 Å². The number of thioether (sulfide) groups is 1. The molecule has 0 saturated carbocycles. The summed E-state index contributed by atoms with van der Waals surface area (Å²) in [6.07, 6.45) is 2.13. The second-order valence-corrected chi connectivity index (χ2v) is 8.64. The van der Waals surface area contributed by atoms with Crippen LogP contribution in [0.1, 0.15) is 24.0 Å². The lowest BCUT2D eigenvalue weighted by molar-refractivity contribution is -0.130. The number of aromatic nitrogens is 2. The number of imidazole rings is 1. The highest BCUT2D eigenvalue weighted by Crippen LogP contribution is 2.25. The number of benzene rings is 2. The summed E-state index contributed by atoms with van der Waals surface area (Å²) < 4.78 is 1.93. The van der Waals surface area contributed by atoms with Gasteiger partial charge in [-0.15, -0.1) is 0 Å². The average Bonchev–Trinajstić information content (AvgIpc) is 3.38. The lowest BCUT2D eigenvalue weighted by Crippen LogP contribution is -2.31. The third kappa shape index (κ3) is 4.51. The maximum absolute atomic E-state index is 12.7. The number of carbonyl (C=O) groups excluding carboxylic acids is 2. The molecule has 1 saturated heterocycles. The number of hydrogen-bond donors (Lipinski definition) is 1. The molecule has 2 amide bonds. The van der Waals surface area contributed by atoms with Crippen LogP contribution in [0.25, 0.3) is 11.0 Å². The predicted octanol–water partition coefficient (Wildman–Crippen LogP) is 4.01. The van der Waals surface area contributed by atoms with Crippen LogP contribution in [0.4, 0.5) is 5.69 Å². The zero-order chi connectivity index (χ0) is 21.1. The summed E-state index contributed by atoms with van der Waals surface area (Å²) in [5, 5.41) is 3.64. The van der Waals surface area contributed by atoms with Gasteiger partial charge in [0.05, 0.1) is 16.8 Å². The quantitative estimate of drug-likeness (QED) is 0.610. The van der Waals surface area contributed by atoms with Crippen molar-refractivity contribution in [2.24, 2.45) is 0 Å². The van der Waals surface area contributed by atoms with E-state index < -0.39 is 0 Å². The van der Waals surface area contributed by atoms with Crippen molar-refractivity contribution in [1.82, 2.24) is 14.5 Å². The predicted molar refractivity (Wildman–Crippen MR) is 121 cm³/mol. The highest BCUT2D eigenvalue weighted by Gasteiger charge is 2.21. The molecular formula is C23H26N4O2S. The highest BCUT2D eigenvalue weighted by atomic mass is 32.2. The normalized spacial score (nSPS) is 13.7. The summed E-state index contributed by atoms with van der Waals surface area (Å²) in [5.74, 6) is 0.249. The molecule has 0 atom stereocenters. The molecule has 0 unspecified atom stereocenters. The van der Waals surface area contributed by atoms with Gasteiger partial charge in [0.25, 0.3) is 0 Å². The van der Waals surface area contributed by atoms with E-state index in [9.17, 15) is 9.59 Å². The Labute approximate surface area is 180 Å². The molecule has 1 aliphatic rings. The van der Waals surface area contributed by atoms with Gasteiger partial charge in [-0.05, 0) is 62.1 Å². The number of fused-ring (bicyclic) bond motifs is 1. The van der Waals surface area contributed by atoms with Crippen LogP contribution < -0.4 is 5.32 Å². The van der Waals surface area contributed by atoms with E-state index >= 15 is 0 Å². The number of hydrogen-bond acceptors (Lipinski definition) is 4. The number of anilines is 1. The van der Waals surface area contributed by atoms with E-state index in [2.05, 4.69) is 10.3 Å². The van der Waals surface area contributed by atoms with Gasteiger partial charge in [0.1, 0.15) is 6.54 Å². The smallest absolute Gasteiger partial charge is 0.242 e. The van der Waals surface area contributed by atoms with E-state index in [0.29, 0.717) is 5.16 Å². The van der Waals surface area contributed by atoms with E-state index in [-0.39, 0.29) is 24.1 Å². The van der Waals surface area contributed by atoms with E-state index in [1.807, 2.05) is 65.8 Å². The van der Waals surface area contributed by atoms with Crippen molar-refractivity contribution < 1.29 is 9.59 Å². The monoisotopic (exact) mass is 422 g/mol. The van der Waals surface area contributed by atoms with Gasteiger partial charge in [-0.3, -0.25) is 9.59 Å². The minimum Gasteiger partial charge on any atom is -0.341 e. The Hall–Kier alpha value is -2.80. The van der Waals surface area contributed by atoms with Crippen molar-refractivity contribution in [3.8, 4) is 0 Å². The molecule has 30 heavy (non-hydrogen) atoms. The van der Waals surface area contributed by atoms with Gasteiger partial charge in [-0.25, -0.2) is 4.98 Å². The fraction of sp³-hybridized carbons (Fsp3) is 0.348. The molecule has 7 heteroatoms. The molecule has 2 aromatic carbocycles. The number of aryl methyl sites for hydroxylation is 2. The van der Waals surface area contributed by atoms with Crippen LogP contribution in [0, 0.1) is 13.8 Å². The van der Waals surface area contributed by atoms with Crippen molar-refractivity contribution >= 4 is 40.3 Å². The summed E-state index contributed by atoms with van der Waals surface area (Å²) in [7, 11) is 0. The first-order chi connectivity index (χ1) is 14.5. The summed E-state index contributed by atoms with van der Waals surface area (Å²) in [4.78, 5) is 31.8. The van der Waals surface area contributed by atoms with Crippen molar-refractivity contribution in [3.05, 3.63) is 53.6 Å². The number of rotatable bonds is 6. The van der Waals surface area contributed by atoms with Gasteiger partial charge >= 0.3 is 0 Å². The number of nitrogens with zero attached hydrogens (tertiary/aromatic N) is 3. The maximum Gasteiger partial charge on any atom is 0.242 e. The second-order valence-electron chi connectivity index (χ2n) is 7.69. The van der Waals surface area contributed by atoms with Crippen LogP contribution in [0.2, 0.25) is 0 Å². The van der Waals surface area contributed by atoms with Crippen LogP contribution >= 0.6 is 11.8 Å². The first-order valence-electron chi connectivity index (χ1n) is 10.2. The Balaban J connectivity index is 1.48. The summed E-state index contributed by atoms with van der Waals surface area (Å²) >= 11 is 1.36. The fourth-order valence-corrected chi connectivity index (χ4v) is 4.48. The number of amides is 2. The second kappa shape index (κ2) is 8.92. The highest BCUT2D eigenvalue weighted by molar-refractivity contribution is 7.99. The Kier molecular flexibility index (Phi) is 6.08. The third-order valence-electron chi connectivity index (χ3n) is 5.49.